The SMILES string of the molecule is CC.CS(=O)c1ccc(Nc2nc(N3CCCC(N)C3)cnc2C(N)=O)cc1. The van der Waals surface area contributed by atoms with Gasteiger partial charge >= 0.3 is 0 Å². The van der Waals surface area contributed by atoms with Crippen LogP contribution < -0.4 is 21.7 Å². The fraction of sp³-hybridized carbons (Fsp3) is 0.421. The van der Waals surface area contributed by atoms with Crippen LogP contribution in [0.4, 0.5) is 17.3 Å². The Morgan fingerprint density at radius 3 is 2.54 bits per heavy atom. The van der Waals surface area contributed by atoms with Crippen molar-refractivity contribution in [3.05, 3.63) is 36.2 Å². The molecule has 1 aromatic heterocycles. The summed E-state index contributed by atoms with van der Waals surface area (Å²) in [6.45, 7) is 5.54. The van der Waals surface area contributed by atoms with Crippen molar-refractivity contribution in [1.82, 2.24) is 9.97 Å². The van der Waals surface area contributed by atoms with E-state index in [2.05, 4.69) is 20.2 Å². The molecule has 9 heteroatoms. The van der Waals surface area contributed by atoms with E-state index in [1.54, 1.807) is 36.7 Å². The van der Waals surface area contributed by atoms with Crippen molar-refractivity contribution in [3.63, 3.8) is 0 Å². The number of amides is 1. The number of nitrogens with two attached hydrogens (primary N) is 2. The van der Waals surface area contributed by atoms with E-state index in [9.17, 15) is 9.00 Å². The third-order valence-electron chi connectivity index (χ3n) is 4.22. The van der Waals surface area contributed by atoms with Crippen molar-refractivity contribution in [1.29, 1.82) is 0 Å². The van der Waals surface area contributed by atoms with E-state index in [1.165, 1.54) is 0 Å². The lowest BCUT2D eigenvalue weighted by molar-refractivity contribution is 0.0996. The summed E-state index contributed by atoms with van der Waals surface area (Å²) in [4.78, 5) is 23.2. The molecule has 2 atom stereocenters. The van der Waals surface area contributed by atoms with Gasteiger partial charge in [-0.3, -0.25) is 9.00 Å². The second kappa shape index (κ2) is 10.1. The minimum atomic E-state index is -1.05. The molecule has 0 saturated carbocycles. The Balaban J connectivity index is 0.00000136. The van der Waals surface area contributed by atoms with Crippen molar-refractivity contribution in [2.24, 2.45) is 11.5 Å². The van der Waals surface area contributed by atoms with Gasteiger partial charge in [-0.05, 0) is 37.1 Å². The first-order chi connectivity index (χ1) is 13.4. The maximum atomic E-state index is 11.7. The number of anilines is 3. The monoisotopic (exact) mass is 404 g/mol. The molecule has 1 amide bonds. The van der Waals surface area contributed by atoms with Crippen molar-refractivity contribution < 1.29 is 9.00 Å². The molecule has 1 aliphatic heterocycles. The summed E-state index contributed by atoms with van der Waals surface area (Å²) < 4.78 is 11.5. The Morgan fingerprint density at radius 2 is 1.96 bits per heavy atom. The molecule has 3 rings (SSSR count). The van der Waals surface area contributed by atoms with Gasteiger partial charge in [-0.2, -0.15) is 0 Å². The predicted molar refractivity (Wildman–Crippen MR) is 113 cm³/mol. The highest BCUT2D eigenvalue weighted by Gasteiger charge is 2.21. The molecule has 5 N–H and O–H groups in total. The lowest BCUT2D eigenvalue weighted by atomic mass is 10.1. The number of hydrogen-bond donors (Lipinski definition) is 3. The Morgan fingerprint density at radius 1 is 1.29 bits per heavy atom. The van der Waals surface area contributed by atoms with Crippen LogP contribution in [0.3, 0.4) is 0 Å². The number of hydrogen-bond acceptors (Lipinski definition) is 7. The van der Waals surface area contributed by atoms with Crippen molar-refractivity contribution in [2.75, 3.05) is 29.6 Å². The summed E-state index contributed by atoms with van der Waals surface area (Å²) in [5.41, 5.74) is 12.2. The molecule has 1 fully saturated rings. The van der Waals surface area contributed by atoms with Crippen LogP contribution >= 0.6 is 0 Å². The zero-order chi connectivity index (χ0) is 20.7. The van der Waals surface area contributed by atoms with Gasteiger partial charge in [-0.25, -0.2) is 9.97 Å². The molecule has 0 aliphatic carbocycles. The first kappa shape index (κ1) is 21.8. The molecule has 1 saturated heterocycles. The van der Waals surface area contributed by atoms with E-state index < -0.39 is 16.7 Å². The molecule has 2 heterocycles. The molecule has 152 valence electrons. The largest absolute Gasteiger partial charge is 0.364 e. The summed E-state index contributed by atoms with van der Waals surface area (Å²) >= 11 is 0. The van der Waals surface area contributed by atoms with Gasteiger partial charge in [0.25, 0.3) is 5.91 Å². The third-order valence-corrected chi connectivity index (χ3v) is 5.16. The first-order valence-corrected chi connectivity index (χ1v) is 10.9. The molecule has 1 aromatic carbocycles. The molecule has 28 heavy (non-hydrogen) atoms. The molecular formula is C19H28N6O2S. The Bertz CT molecular complexity index is 828. The molecular weight excluding hydrogens is 376 g/mol. The zero-order valence-corrected chi connectivity index (χ0v) is 17.3. The number of aromatic nitrogens is 2. The van der Waals surface area contributed by atoms with Crippen molar-refractivity contribution >= 4 is 34.0 Å². The van der Waals surface area contributed by atoms with E-state index in [4.69, 9.17) is 11.5 Å². The molecule has 0 radical (unpaired) electrons. The Hall–Kier alpha value is -2.52. The van der Waals surface area contributed by atoms with Gasteiger partial charge in [0.2, 0.25) is 0 Å². The molecule has 2 aromatic rings. The highest BCUT2D eigenvalue weighted by Crippen LogP contribution is 2.23. The number of carbonyl (C=O) groups excluding carboxylic acids is 1. The summed E-state index contributed by atoms with van der Waals surface area (Å²) in [5, 5.41) is 3.08. The smallest absolute Gasteiger partial charge is 0.271 e. The molecule has 0 spiro atoms. The lowest BCUT2D eigenvalue weighted by Crippen LogP contribution is -2.43. The fourth-order valence-electron chi connectivity index (χ4n) is 2.88. The topological polar surface area (TPSA) is 127 Å². The predicted octanol–water partition coefficient (Wildman–Crippen LogP) is 2.01. The summed E-state index contributed by atoms with van der Waals surface area (Å²) in [6, 6.07) is 7.15. The van der Waals surface area contributed by atoms with Crippen LogP contribution in [0.15, 0.2) is 35.4 Å². The summed E-state index contributed by atoms with van der Waals surface area (Å²) in [7, 11) is -1.05. The van der Waals surface area contributed by atoms with Crippen LogP contribution in [0.2, 0.25) is 0 Å². The van der Waals surface area contributed by atoms with Crippen LogP contribution in [0, 0.1) is 0 Å². The third kappa shape index (κ3) is 5.49. The Kier molecular flexibility index (Phi) is 7.89. The maximum Gasteiger partial charge on any atom is 0.271 e. The zero-order valence-electron chi connectivity index (χ0n) is 16.5. The second-order valence-corrected chi connectivity index (χ2v) is 7.62. The van der Waals surface area contributed by atoms with Gasteiger partial charge in [-0.15, -0.1) is 0 Å². The normalized spacial score (nSPS) is 17.3. The number of rotatable bonds is 5. The maximum absolute atomic E-state index is 11.7. The second-order valence-electron chi connectivity index (χ2n) is 6.24. The number of nitrogens with one attached hydrogen (secondary N) is 1. The van der Waals surface area contributed by atoms with Crippen molar-refractivity contribution in [3.8, 4) is 0 Å². The van der Waals surface area contributed by atoms with Crippen LogP contribution in [0.25, 0.3) is 0 Å². The lowest BCUT2D eigenvalue weighted by Gasteiger charge is -2.31. The number of benzene rings is 1. The number of nitrogens with zero attached hydrogens (tertiary/aromatic N) is 3. The van der Waals surface area contributed by atoms with Gasteiger partial charge < -0.3 is 21.7 Å². The van der Waals surface area contributed by atoms with Gasteiger partial charge in [0.1, 0.15) is 5.82 Å². The minimum Gasteiger partial charge on any atom is -0.364 e. The highest BCUT2D eigenvalue weighted by atomic mass is 32.2. The van der Waals surface area contributed by atoms with Gasteiger partial charge in [0.05, 0.1) is 6.20 Å². The molecule has 2 unspecified atom stereocenters. The van der Waals surface area contributed by atoms with Crippen LogP contribution in [-0.4, -0.2) is 45.5 Å². The van der Waals surface area contributed by atoms with E-state index >= 15 is 0 Å². The van der Waals surface area contributed by atoms with Crippen LogP contribution in [0.1, 0.15) is 37.2 Å². The number of primary amides is 1. The Labute approximate surface area is 168 Å². The summed E-state index contributed by atoms with van der Waals surface area (Å²) in [6.07, 6.45) is 5.14. The standard InChI is InChI=1S/C17H22N6O2S.C2H6/c1-26(25)13-6-4-12(5-7-13)21-17-15(16(19)24)20-9-14(22-17)23-8-2-3-11(18)10-23;1-2/h4-7,9,11H,2-3,8,10,18H2,1H3,(H2,19,24)(H,21,22);1-2H3. The van der Waals surface area contributed by atoms with E-state index in [1.807, 2.05) is 13.8 Å². The average molecular weight is 405 g/mol. The van der Waals surface area contributed by atoms with Crippen molar-refractivity contribution in [2.45, 2.75) is 37.6 Å². The summed E-state index contributed by atoms with van der Waals surface area (Å²) in [5.74, 6) is 0.284. The highest BCUT2D eigenvalue weighted by molar-refractivity contribution is 7.84. The average Bonchev–Trinajstić information content (AvgIpc) is 2.69. The van der Waals surface area contributed by atoms with Gasteiger partial charge in [0.15, 0.2) is 11.5 Å². The van der Waals surface area contributed by atoms with E-state index in [0.29, 0.717) is 28.8 Å². The first-order valence-electron chi connectivity index (χ1n) is 9.32. The fourth-order valence-corrected chi connectivity index (χ4v) is 3.40. The molecule has 8 nitrogen and oxygen atoms in total. The number of carbonyl (C=O) groups is 1. The molecule has 0 bridgehead atoms. The van der Waals surface area contributed by atoms with E-state index in [-0.39, 0.29) is 11.7 Å². The van der Waals surface area contributed by atoms with Gasteiger partial charge in [0, 0.05) is 46.8 Å². The van der Waals surface area contributed by atoms with Crippen LogP contribution in [0.5, 0.6) is 0 Å². The minimum absolute atomic E-state index is 0.0678. The number of piperidine rings is 1. The van der Waals surface area contributed by atoms with Crippen LogP contribution in [-0.2, 0) is 10.8 Å². The molecule has 1 aliphatic rings. The quantitative estimate of drug-likeness (QED) is 0.695. The van der Waals surface area contributed by atoms with Gasteiger partial charge in [-0.1, -0.05) is 13.8 Å². The van der Waals surface area contributed by atoms with E-state index in [0.717, 1.165) is 19.4 Å².